The zero-order valence-electron chi connectivity index (χ0n) is 14.1. The molecular formula is C15H31Cl2N3O2. The van der Waals surface area contributed by atoms with Crippen LogP contribution < -0.4 is 10.6 Å². The van der Waals surface area contributed by atoms with E-state index in [2.05, 4.69) is 43.2 Å². The van der Waals surface area contributed by atoms with E-state index in [9.17, 15) is 4.79 Å². The smallest absolute Gasteiger partial charge is 0.224 e. The van der Waals surface area contributed by atoms with Gasteiger partial charge in [-0.3, -0.25) is 9.69 Å². The minimum absolute atomic E-state index is 0. The van der Waals surface area contributed by atoms with Gasteiger partial charge in [0.25, 0.3) is 0 Å². The Morgan fingerprint density at radius 3 is 2.36 bits per heavy atom. The molecule has 0 aromatic rings. The number of rotatable bonds is 4. The van der Waals surface area contributed by atoms with Crippen LogP contribution in [0.15, 0.2) is 0 Å². The van der Waals surface area contributed by atoms with Gasteiger partial charge in [0.2, 0.25) is 5.91 Å². The highest BCUT2D eigenvalue weighted by molar-refractivity contribution is 5.85. The van der Waals surface area contributed by atoms with Crippen molar-refractivity contribution in [2.45, 2.75) is 51.9 Å². The zero-order chi connectivity index (χ0) is 14.8. The Bertz CT molecular complexity index is 340. The van der Waals surface area contributed by atoms with Crippen LogP contribution >= 0.6 is 24.8 Å². The van der Waals surface area contributed by atoms with Crippen molar-refractivity contribution in [1.29, 1.82) is 0 Å². The molecule has 2 aliphatic rings. The van der Waals surface area contributed by atoms with Crippen LogP contribution in [0.1, 0.15) is 34.1 Å². The number of nitrogens with zero attached hydrogens (tertiary/aromatic N) is 1. The molecule has 2 saturated heterocycles. The van der Waals surface area contributed by atoms with E-state index >= 15 is 0 Å². The molecule has 7 heteroatoms. The summed E-state index contributed by atoms with van der Waals surface area (Å²) >= 11 is 0. The van der Waals surface area contributed by atoms with Gasteiger partial charge in [-0.15, -0.1) is 24.8 Å². The molecule has 2 aliphatic heterocycles. The summed E-state index contributed by atoms with van der Waals surface area (Å²) in [5.74, 6) is 0.339. The molecule has 0 spiro atoms. The summed E-state index contributed by atoms with van der Waals surface area (Å²) in [5.41, 5.74) is -0.0337. The van der Waals surface area contributed by atoms with Gasteiger partial charge in [-0.25, -0.2) is 0 Å². The molecule has 132 valence electrons. The van der Waals surface area contributed by atoms with Crippen molar-refractivity contribution in [3.05, 3.63) is 0 Å². The van der Waals surface area contributed by atoms with E-state index in [1.807, 2.05) is 0 Å². The van der Waals surface area contributed by atoms with Crippen LogP contribution in [-0.4, -0.2) is 61.3 Å². The molecule has 0 bridgehead atoms. The maximum Gasteiger partial charge on any atom is 0.224 e. The molecule has 2 fully saturated rings. The minimum atomic E-state index is -0.0337. The van der Waals surface area contributed by atoms with E-state index in [-0.39, 0.29) is 54.4 Å². The molecule has 0 aromatic carbocycles. The van der Waals surface area contributed by atoms with Crippen LogP contribution in [0, 0.1) is 5.92 Å². The van der Waals surface area contributed by atoms with Gasteiger partial charge < -0.3 is 15.4 Å². The Labute approximate surface area is 146 Å². The van der Waals surface area contributed by atoms with Crippen LogP contribution in [0.2, 0.25) is 0 Å². The fraction of sp³-hybridized carbons (Fsp3) is 0.933. The van der Waals surface area contributed by atoms with E-state index in [1.165, 1.54) is 0 Å². The number of hydrogen-bond acceptors (Lipinski definition) is 4. The molecule has 0 saturated carbocycles. The third kappa shape index (κ3) is 5.85. The molecule has 3 atom stereocenters. The van der Waals surface area contributed by atoms with Crippen molar-refractivity contribution in [3.63, 3.8) is 0 Å². The first-order chi connectivity index (χ1) is 9.38. The van der Waals surface area contributed by atoms with Crippen molar-refractivity contribution in [2.75, 3.05) is 32.7 Å². The van der Waals surface area contributed by atoms with Crippen LogP contribution in [0.3, 0.4) is 0 Å². The third-order valence-electron chi connectivity index (χ3n) is 4.40. The Morgan fingerprint density at radius 1 is 1.27 bits per heavy atom. The molecule has 3 unspecified atom stereocenters. The van der Waals surface area contributed by atoms with E-state index in [0.29, 0.717) is 6.54 Å². The number of nitrogens with one attached hydrogen (secondary N) is 2. The predicted molar refractivity (Wildman–Crippen MR) is 94.1 cm³/mol. The Morgan fingerprint density at radius 2 is 1.86 bits per heavy atom. The van der Waals surface area contributed by atoms with Crippen LogP contribution in [0.25, 0.3) is 0 Å². The highest BCUT2D eigenvalue weighted by atomic mass is 35.5. The molecule has 0 aromatic heterocycles. The summed E-state index contributed by atoms with van der Waals surface area (Å²) < 4.78 is 5.78. The number of amides is 1. The van der Waals surface area contributed by atoms with Gasteiger partial charge in [0.05, 0.1) is 18.1 Å². The number of ether oxygens (including phenoxy) is 1. The largest absolute Gasteiger partial charge is 0.373 e. The summed E-state index contributed by atoms with van der Waals surface area (Å²) in [4.78, 5) is 14.5. The number of hydrogen-bond donors (Lipinski definition) is 2. The van der Waals surface area contributed by atoms with E-state index in [4.69, 9.17) is 4.74 Å². The van der Waals surface area contributed by atoms with Gasteiger partial charge >= 0.3 is 0 Å². The molecule has 0 radical (unpaired) electrons. The standard InChI is InChI=1S/C15H29N3O2.2ClH/c1-11-8-18(9-12(2)20-11)15(3,4)10-17-14(19)13-5-6-16-7-13;;/h11-13,16H,5-10H2,1-4H3,(H,17,19);2*1H. The number of carbonyl (C=O) groups excluding carboxylic acids is 1. The molecule has 2 N–H and O–H groups in total. The van der Waals surface area contributed by atoms with Crippen molar-refractivity contribution in [3.8, 4) is 0 Å². The first kappa shape index (κ1) is 21.9. The molecular weight excluding hydrogens is 325 g/mol. The average molecular weight is 356 g/mol. The normalized spacial score (nSPS) is 29.4. The van der Waals surface area contributed by atoms with Gasteiger partial charge in [-0.05, 0) is 40.7 Å². The van der Waals surface area contributed by atoms with Gasteiger partial charge in [0.15, 0.2) is 0 Å². The van der Waals surface area contributed by atoms with Crippen molar-refractivity contribution in [2.24, 2.45) is 5.92 Å². The second-order valence-corrected chi connectivity index (χ2v) is 6.88. The van der Waals surface area contributed by atoms with Crippen LogP contribution in [0.4, 0.5) is 0 Å². The Kier molecular flexibility index (Phi) is 9.25. The quantitative estimate of drug-likeness (QED) is 0.801. The number of morpholine rings is 1. The highest BCUT2D eigenvalue weighted by Crippen LogP contribution is 2.21. The van der Waals surface area contributed by atoms with Crippen molar-refractivity contribution in [1.82, 2.24) is 15.5 Å². The summed E-state index contributed by atoms with van der Waals surface area (Å²) in [7, 11) is 0. The Hall–Kier alpha value is -0.0700. The molecule has 22 heavy (non-hydrogen) atoms. The van der Waals surface area contributed by atoms with Gasteiger partial charge in [-0.1, -0.05) is 0 Å². The van der Waals surface area contributed by atoms with Crippen LogP contribution in [-0.2, 0) is 9.53 Å². The number of carbonyl (C=O) groups is 1. The van der Waals surface area contributed by atoms with E-state index in [0.717, 1.165) is 32.6 Å². The predicted octanol–water partition coefficient (Wildman–Crippen LogP) is 1.44. The maximum absolute atomic E-state index is 12.1. The van der Waals surface area contributed by atoms with E-state index in [1.54, 1.807) is 0 Å². The lowest BCUT2D eigenvalue weighted by molar-refractivity contribution is -0.126. The molecule has 0 aliphatic carbocycles. The third-order valence-corrected chi connectivity index (χ3v) is 4.40. The van der Waals surface area contributed by atoms with Crippen molar-refractivity contribution >= 4 is 30.7 Å². The zero-order valence-corrected chi connectivity index (χ0v) is 15.7. The topological polar surface area (TPSA) is 53.6 Å². The first-order valence-electron chi connectivity index (χ1n) is 7.77. The highest BCUT2D eigenvalue weighted by Gasteiger charge is 2.34. The van der Waals surface area contributed by atoms with Crippen LogP contribution in [0.5, 0.6) is 0 Å². The van der Waals surface area contributed by atoms with E-state index < -0.39 is 0 Å². The monoisotopic (exact) mass is 355 g/mol. The summed E-state index contributed by atoms with van der Waals surface area (Å²) in [6, 6.07) is 0. The Balaban J connectivity index is 0.00000220. The summed E-state index contributed by atoms with van der Waals surface area (Å²) in [6.45, 7) is 13.0. The summed E-state index contributed by atoms with van der Waals surface area (Å²) in [6.07, 6.45) is 1.47. The molecule has 1 amide bonds. The second-order valence-electron chi connectivity index (χ2n) is 6.88. The number of halogens is 2. The molecule has 2 heterocycles. The molecule has 2 rings (SSSR count). The average Bonchev–Trinajstić information content (AvgIpc) is 2.88. The minimum Gasteiger partial charge on any atom is -0.373 e. The maximum atomic E-state index is 12.1. The van der Waals surface area contributed by atoms with Gasteiger partial charge in [0, 0.05) is 31.7 Å². The van der Waals surface area contributed by atoms with Crippen molar-refractivity contribution < 1.29 is 9.53 Å². The lowest BCUT2D eigenvalue weighted by atomic mass is 9.99. The van der Waals surface area contributed by atoms with Gasteiger partial charge in [-0.2, -0.15) is 0 Å². The fourth-order valence-corrected chi connectivity index (χ4v) is 3.11. The lowest BCUT2D eigenvalue weighted by Gasteiger charge is -2.45. The summed E-state index contributed by atoms with van der Waals surface area (Å²) in [5, 5.41) is 6.37. The molecule has 5 nitrogen and oxygen atoms in total. The SMILES string of the molecule is CC1CN(C(C)(C)CNC(=O)C2CCNC2)CC(C)O1.Cl.Cl. The first-order valence-corrected chi connectivity index (χ1v) is 7.77. The lowest BCUT2D eigenvalue weighted by Crippen LogP contribution is -2.59. The van der Waals surface area contributed by atoms with Gasteiger partial charge in [0.1, 0.15) is 0 Å². The fourth-order valence-electron chi connectivity index (χ4n) is 3.11. The second kappa shape index (κ2) is 9.28.